The van der Waals surface area contributed by atoms with E-state index in [0.29, 0.717) is 18.6 Å². The van der Waals surface area contributed by atoms with Crippen molar-refractivity contribution < 1.29 is 9.84 Å². The van der Waals surface area contributed by atoms with Gasteiger partial charge in [-0.1, -0.05) is 12.1 Å². The first-order chi connectivity index (χ1) is 13.6. The molecule has 6 rings (SSSR count). The fourth-order valence-electron chi connectivity index (χ4n) is 6.94. The summed E-state index contributed by atoms with van der Waals surface area (Å²) in [6.07, 6.45) is 8.27. The SMILES string of the molecule is CN1CCN(C[C@@H](O)COc2ccc(C34CC5CC(CC(C5)C3)C4)cc2)CC1. The normalized spacial score (nSPS) is 36.6. The minimum absolute atomic E-state index is 0.378. The molecule has 1 atom stereocenters. The van der Waals surface area contributed by atoms with Crippen LogP contribution in [0.15, 0.2) is 24.3 Å². The molecule has 0 aromatic heterocycles. The predicted octanol–water partition coefficient (Wildman–Crippen LogP) is 3.14. The molecule has 4 saturated carbocycles. The van der Waals surface area contributed by atoms with Gasteiger partial charge in [-0.05, 0) is 86.4 Å². The molecule has 28 heavy (non-hydrogen) atoms. The van der Waals surface area contributed by atoms with Gasteiger partial charge in [0.05, 0.1) is 0 Å². The zero-order valence-corrected chi connectivity index (χ0v) is 17.4. The van der Waals surface area contributed by atoms with E-state index in [4.69, 9.17) is 4.74 Å². The Balaban J connectivity index is 1.15. The van der Waals surface area contributed by atoms with E-state index >= 15 is 0 Å². The molecule has 1 N–H and O–H groups in total. The first-order valence-corrected chi connectivity index (χ1v) is 11.4. The molecule has 1 aromatic carbocycles. The third kappa shape index (κ3) is 3.83. The Morgan fingerprint density at radius 1 is 0.964 bits per heavy atom. The maximum absolute atomic E-state index is 10.4. The number of hydrogen-bond acceptors (Lipinski definition) is 4. The van der Waals surface area contributed by atoms with Gasteiger partial charge in [-0.15, -0.1) is 0 Å². The fourth-order valence-corrected chi connectivity index (χ4v) is 6.94. The lowest BCUT2D eigenvalue weighted by Crippen LogP contribution is -2.48. The lowest BCUT2D eigenvalue weighted by atomic mass is 9.48. The third-order valence-corrected chi connectivity index (χ3v) is 8.01. The average molecular weight is 385 g/mol. The van der Waals surface area contributed by atoms with Gasteiger partial charge in [0.1, 0.15) is 18.5 Å². The molecular formula is C24H36N2O2. The maximum Gasteiger partial charge on any atom is 0.119 e. The van der Waals surface area contributed by atoms with Crippen LogP contribution in [0.25, 0.3) is 0 Å². The maximum atomic E-state index is 10.4. The Labute approximate surface area is 169 Å². The van der Waals surface area contributed by atoms with Crippen LogP contribution in [-0.2, 0) is 5.41 Å². The van der Waals surface area contributed by atoms with Crippen molar-refractivity contribution in [2.45, 2.75) is 50.0 Å². The van der Waals surface area contributed by atoms with E-state index in [9.17, 15) is 5.11 Å². The van der Waals surface area contributed by atoms with Crippen LogP contribution in [0.2, 0.25) is 0 Å². The molecule has 4 aliphatic carbocycles. The highest BCUT2D eigenvalue weighted by atomic mass is 16.5. The molecule has 154 valence electrons. The summed E-state index contributed by atoms with van der Waals surface area (Å²) in [6.45, 7) is 5.32. The summed E-state index contributed by atoms with van der Waals surface area (Å²) in [6, 6.07) is 8.90. The van der Waals surface area contributed by atoms with Gasteiger partial charge < -0.3 is 14.7 Å². The predicted molar refractivity (Wildman–Crippen MR) is 112 cm³/mol. The third-order valence-electron chi connectivity index (χ3n) is 8.01. The molecule has 4 nitrogen and oxygen atoms in total. The lowest BCUT2D eigenvalue weighted by Gasteiger charge is -2.57. The molecule has 1 aromatic rings. The van der Waals surface area contributed by atoms with Gasteiger partial charge in [-0.25, -0.2) is 0 Å². The Morgan fingerprint density at radius 3 is 2.11 bits per heavy atom. The highest BCUT2D eigenvalue weighted by molar-refractivity contribution is 5.34. The number of benzene rings is 1. The van der Waals surface area contributed by atoms with Gasteiger partial charge in [-0.3, -0.25) is 4.90 Å². The molecule has 1 saturated heterocycles. The van der Waals surface area contributed by atoms with Crippen molar-refractivity contribution >= 4 is 0 Å². The lowest BCUT2D eigenvalue weighted by molar-refractivity contribution is -0.00522. The van der Waals surface area contributed by atoms with Gasteiger partial charge in [0.25, 0.3) is 0 Å². The molecule has 0 spiro atoms. The van der Waals surface area contributed by atoms with Crippen molar-refractivity contribution in [1.82, 2.24) is 9.80 Å². The molecule has 4 heteroatoms. The van der Waals surface area contributed by atoms with E-state index in [0.717, 1.165) is 49.7 Å². The highest BCUT2D eigenvalue weighted by Crippen LogP contribution is 2.60. The van der Waals surface area contributed by atoms with Crippen LogP contribution in [0.5, 0.6) is 5.75 Å². The fraction of sp³-hybridized carbons (Fsp3) is 0.750. The van der Waals surface area contributed by atoms with E-state index < -0.39 is 6.10 Å². The summed E-state index contributed by atoms with van der Waals surface area (Å²) in [4.78, 5) is 4.68. The minimum Gasteiger partial charge on any atom is -0.491 e. The second-order valence-electron chi connectivity index (χ2n) is 10.3. The first kappa shape index (κ1) is 18.9. The summed E-state index contributed by atoms with van der Waals surface area (Å²) in [5, 5.41) is 10.4. The van der Waals surface area contributed by atoms with Crippen molar-refractivity contribution in [2.24, 2.45) is 17.8 Å². The molecule has 0 unspecified atom stereocenters. The molecule has 0 amide bonds. The number of β-amino-alcohol motifs (C(OH)–C–C–N with tert-alkyl or cyclic N) is 1. The quantitative estimate of drug-likeness (QED) is 0.817. The molecule has 0 radical (unpaired) electrons. The molecule has 1 heterocycles. The van der Waals surface area contributed by atoms with E-state index in [1.54, 1.807) is 0 Å². The Kier molecular flexibility index (Phi) is 5.14. The second-order valence-corrected chi connectivity index (χ2v) is 10.3. The largest absolute Gasteiger partial charge is 0.491 e. The molecule has 5 aliphatic rings. The van der Waals surface area contributed by atoms with E-state index in [2.05, 4.69) is 41.1 Å². The van der Waals surface area contributed by atoms with Gasteiger partial charge in [0.15, 0.2) is 0 Å². The van der Waals surface area contributed by atoms with Crippen molar-refractivity contribution in [3.05, 3.63) is 29.8 Å². The van der Waals surface area contributed by atoms with Crippen LogP contribution >= 0.6 is 0 Å². The van der Waals surface area contributed by atoms with E-state index in [1.165, 1.54) is 44.1 Å². The standard InChI is InChI=1S/C24H36N2O2/c1-25-6-8-26(9-7-25)16-22(27)17-28-23-4-2-21(3-5-23)24-13-18-10-19(14-24)12-20(11-18)15-24/h2-5,18-20,22,27H,6-17H2,1H3/t18?,19?,20?,22-,24?/m1/s1. The number of piperazine rings is 1. The Bertz CT molecular complexity index is 630. The van der Waals surface area contributed by atoms with Crippen molar-refractivity contribution in [3.63, 3.8) is 0 Å². The Morgan fingerprint density at radius 2 is 1.54 bits per heavy atom. The van der Waals surface area contributed by atoms with Gasteiger partial charge in [0.2, 0.25) is 0 Å². The van der Waals surface area contributed by atoms with Crippen LogP contribution in [0, 0.1) is 17.8 Å². The van der Waals surface area contributed by atoms with Crippen LogP contribution < -0.4 is 4.74 Å². The first-order valence-electron chi connectivity index (χ1n) is 11.4. The van der Waals surface area contributed by atoms with E-state index in [-0.39, 0.29) is 0 Å². The molecular weight excluding hydrogens is 348 g/mol. The number of rotatable bonds is 6. The van der Waals surface area contributed by atoms with Crippen LogP contribution in [-0.4, -0.2) is 67.4 Å². The monoisotopic (exact) mass is 384 g/mol. The Hall–Kier alpha value is -1.10. The summed E-state index contributed by atoms with van der Waals surface area (Å²) >= 11 is 0. The average Bonchev–Trinajstić information content (AvgIpc) is 2.68. The number of hydrogen-bond donors (Lipinski definition) is 1. The van der Waals surface area contributed by atoms with Crippen LogP contribution in [0.4, 0.5) is 0 Å². The van der Waals surface area contributed by atoms with Gasteiger partial charge in [0, 0.05) is 32.7 Å². The minimum atomic E-state index is -0.425. The smallest absolute Gasteiger partial charge is 0.119 e. The number of aliphatic hydroxyl groups is 1. The van der Waals surface area contributed by atoms with Crippen molar-refractivity contribution in [2.75, 3.05) is 46.4 Å². The van der Waals surface area contributed by atoms with Crippen molar-refractivity contribution in [1.29, 1.82) is 0 Å². The van der Waals surface area contributed by atoms with Gasteiger partial charge in [-0.2, -0.15) is 0 Å². The summed E-state index contributed by atoms with van der Waals surface area (Å²) in [5.74, 6) is 3.83. The number of nitrogens with zero attached hydrogens (tertiary/aromatic N) is 2. The molecule has 1 aliphatic heterocycles. The number of aliphatic hydroxyl groups excluding tert-OH is 1. The number of likely N-dealkylation sites (N-methyl/N-ethyl adjacent to an activating group) is 1. The van der Waals surface area contributed by atoms with E-state index in [1.807, 2.05) is 0 Å². The molecule has 5 fully saturated rings. The van der Waals surface area contributed by atoms with Crippen molar-refractivity contribution in [3.8, 4) is 5.75 Å². The van der Waals surface area contributed by atoms with Gasteiger partial charge >= 0.3 is 0 Å². The zero-order chi connectivity index (χ0) is 19.1. The summed E-state index contributed by atoms with van der Waals surface area (Å²) in [5.41, 5.74) is 1.99. The molecule has 4 bridgehead atoms. The zero-order valence-electron chi connectivity index (χ0n) is 17.4. The van der Waals surface area contributed by atoms with Crippen LogP contribution in [0.3, 0.4) is 0 Å². The van der Waals surface area contributed by atoms with Crippen LogP contribution in [0.1, 0.15) is 44.1 Å². The number of ether oxygens (including phenoxy) is 1. The highest BCUT2D eigenvalue weighted by Gasteiger charge is 2.51. The topological polar surface area (TPSA) is 35.9 Å². The summed E-state index contributed by atoms with van der Waals surface area (Å²) in [7, 11) is 2.16. The summed E-state index contributed by atoms with van der Waals surface area (Å²) < 4.78 is 5.92. The second kappa shape index (κ2) is 7.62.